The molecule has 1 fully saturated rings. The highest BCUT2D eigenvalue weighted by Crippen LogP contribution is 2.46. The lowest BCUT2D eigenvalue weighted by atomic mass is 9.73. The van der Waals surface area contributed by atoms with E-state index in [2.05, 4.69) is 0 Å². The van der Waals surface area contributed by atoms with Crippen LogP contribution in [0.3, 0.4) is 0 Å². The van der Waals surface area contributed by atoms with E-state index in [1.807, 2.05) is 6.92 Å². The summed E-state index contributed by atoms with van der Waals surface area (Å²) in [7, 11) is 0. The number of nitro benzene ring substituents is 1. The molecule has 2 atom stereocenters. The first-order valence-electron chi connectivity index (χ1n) is 5.97. The normalized spacial score (nSPS) is 27.1. The molecule has 5 heteroatoms. The van der Waals surface area contributed by atoms with E-state index < -0.39 is 16.3 Å². The fraction of sp³-hybridized carbons (Fsp3) is 0.462. The van der Waals surface area contributed by atoms with Gasteiger partial charge in [0.15, 0.2) is 0 Å². The summed E-state index contributed by atoms with van der Waals surface area (Å²) >= 11 is 0. The summed E-state index contributed by atoms with van der Waals surface area (Å²) in [4.78, 5) is 21.9. The first kappa shape index (κ1) is 12.5. The molecule has 0 radical (unpaired) electrons. The number of nitrogens with zero attached hydrogens (tertiary/aromatic N) is 1. The van der Waals surface area contributed by atoms with Crippen LogP contribution in [0.4, 0.5) is 5.69 Å². The summed E-state index contributed by atoms with van der Waals surface area (Å²) in [5.41, 5.74) is -0.465. The van der Waals surface area contributed by atoms with Crippen LogP contribution in [0.1, 0.15) is 31.7 Å². The number of benzene rings is 1. The summed E-state index contributed by atoms with van der Waals surface area (Å²) in [6.45, 7) is 1.90. The third-order valence-electron chi connectivity index (χ3n) is 4.00. The van der Waals surface area contributed by atoms with Crippen molar-refractivity contribution in [2.24, 2.45) is 5.92 Å². The summed E-state index contributed by atoms with van der Waals surface area (Å²) in [6, 6.07) is 6.03. The quantitative estimate of drug-likeness (QED) is 0.659. The summed E-state index contributed by atoms with van der Waals surface area (Å²) in [6.07, 6.45) is 2.23. The predicted molar refractivity (Wildman–Crippen MR) is 65.4 cm³/mol. The van der Waals surface area contributed by atoms with E-state index in [1.54, 1.807) is 12.1 Å². The topological polar surface area (TPSA) is 80.4 Å². The smallest absolute Gasteiger partial charge is 0.314 e. The van der Waals surface area contributed by atoms with Gasteiger partial charge in [0.25, 0.3) is 5.69 Å². The fourth-order valence-corrected chi connectivity index (χ4v) is 2.95. The number of aliphatic carboxylic acids is 1. The summed E-state index contributed by atoms with van der Waals surface area (Å²) < 4.78 is 0. The first-order chi connectivity index (χ1) is 8.48. The Bertz CT molecular complexity index is 500. The van der Waals surface area contributed by atoms with Gasteiger partial charge in [-0.25, -0.2) is 0 Å². The zero-order chi connectivity index (χ0) is 13.3. The van der Waals surface area contributed by atoms with Gasteiger partial charge in [0.05, 0.1) is 10.3 Å². The van der Waals surface area contributed by atoms with Gasteiger partial charge >= 0.3 is 5.97 Å². The molecule has 1 aromatic rings. The molecular formula is C13H15NO4. The third-order valence-corrected chi connectivity index (χ3v) is 4.00. The molecule has 1 aliphatic carbocycles. The SMILES string of the molecule is CC1CCCC1(C(=O)O)c1cccc([N+](=O)[O-])c1. The molecule has 0 bridgehead atoms. The molecular weight excluding hydrogens is 234 g/mol. The lowest BCUT2D eigenvalue weighted by Gasteiger charge is -2.29. The van der Waals surface area contributed by atoms with Gasteiger partial charge in [-0.3, -0.25) is 14.9 Å². The number of carboxylic acid groups (broad SMARTS) is 1. The number of nitro groups is 1. The van der Waals surface area contributed by atoms with Gasteiger partial charge in [-0.05, 0) is 24.3 Å². The van der Waals surface area contributed by atoms with Crippen molar-refractivity contribution in [2.75, 3.05) is 0 Å². The largest absolute Gasteiger partial charge is 0.481 e. The highest BCUT2D eigenvalue weighted by molar-refractivity contribution is 5.82. The minimum absolute atomic E-state index is 0.00277. The maximum absolute atomic E-state index is 11.6. The molecule has 0 heterocycles. The highest BCUT2D eigenvalue weighted by Gasteiger charge is 2.48. The number of rotatable bonds is 3. The van der Waals surface area contributed by atoms with E-state index >= 15 is 0 Å². The van der Waals surface area contributed by atoms with E-state index in [0.717, 1.165) is 12.8 Å². The molecule has 0 saturated heterocycles. The first-order valence-corrected chi connectivity index (χ1v) is 5.97. The number of non-ortho nitro benzene ring substituents is 1. The lowest BCUT2D eigenvalue weighted by molar-refractivity contribution is -0.385. The van der Waals surface area contributed by atoms with Crippen LogP contribution in [0, 0.1) is 16.0 Å². The predicted octanol–water partition coefficient (Wildman–Crippen LogP) is 2.74. The minimum atomic E-state index is -0.966. The molecule has 2 rings (SSSR count). The molecule has 18 heavy (non-hydrogen) atoms. The molecule has 1 aromatic carbocycles. The number of hydrogen-bond acceptors (Lipinski definition) is 3. The molecule has 0 amide bonds. The van der Waals surface area contributed by atoms with E-state index in [-0.39, 0.29) is 11.6 Å². The molecule has 1 N–H and O–H groups in total. The maximum atomic E-state index is 11.6. The fourth-order valence-electron chi connectivity index (χ4n) is 2.95. The Kier molecular flexibility index (Phi) is 3.07. The van der Waals surface area contributed by atoms with E-state index in [1.165, 1.54) is 12.1 Å². The molecule has 5 nitrogen and oxygen atoms in total. The molecule has 0 aromatic heterocycles. The number of carbonyl (C=O) groups is 1. The number of hydrogen-bond donors (Lipinski definition) is 1. The summed E-state index contributed by atoms with van der Waals surface area (Å²) in [5.74, 6) is -0.884. The summed E-state index contributed by atoms with van der Waals surface area (Å²) in [5, 5.41) is 20.3. The molecule has 96 valence electrons. The third kappa shape index (κ3) is 1.75. The van der Waals surface area contributed by atoms with Gasteiger partial charge in [-0.2, -0.15) is 0 Å². The van der Waals surface area contributed by atoms with Crippen molar-refractivity contribution in [3.63, 3.8) is 0 Å². The second kappa shape index (κ2) is 4.40. The van der Waals surface area contributed by atoms with E-state index in [0.29, 0.717) is 12.0 Å². The average molecular weight is 249 g/mol. The monoisotopic (exact) mass is 249 g/mol. The maximum Gasteiger partial charge on any atom is 0.314 e. The van der Waals surface area contributed by atoms with Gasteiger partial charge in [-0.1, -0.05) is 25.5 Å². The van der Waals surface area contributed by atoms with Gasteiger partial charge in [0, 0.05) is 12.1 Å². The molecule has 1 aliphatic rings. The van der Waals surface area contributed by atoms with Crippen LogP contribution in [-0.4, -0.2) is 16.0 Å². The zero-order valence-electron chi connectivity index (χ0n) is 10.1. The standard InChI is InChI=1S/C13H15NO4/c1-9-4-3-7-13(9,12(15)16)10-5-2-6-11(8-10)14(17)18/h2,5-6,8-9H,3-4,7H2,1H3,(H,15,16). The highest BCUT2D eigenvalue weighted by atomic mass is 16.6. The van der Waals surface area contributed by atoms with Crippen LogP contribution in [0.5, 0.6) is 0 Å². The van der Waals surface area contributed by atoms with Gasteiger partial charge in [0.1, 0.15) is 0 Å². The molecule has 0 spiro atoms. The van der Waals surface area contributed by atoms with Crippen molar-refractivity contribution in [2.45, 2.75) is 31.6 Å². The van der Waals surface area contributed by atoms with Crippen LogP contribution in [0.2, 0.25) is 0 Å². The van der Waals surface area contributed by atoms with Crippen LogP contribution < -0.4 is 0 Å². The average Bonchev–Trinajstić information content (AvgIpc) is 2.72. The van der Waals surface area contributed by atoms with Crippen molar-refractivity contribution < 1.29 is 14.8 Å². The van der Waals surface area contributed by atoms with Crippen LogP contribution in [0.15, 0.2) is 24.3 Å². The van der Waals surface area contributed by atoms with Gasteiger partial charge in [0.2, 0.25) is 0 Å². The van der Waals surface area contributed by atoms with Crippen molar-refractivity contribution >= 4 is 11.7 Å². The Morgan fingerprint density at radius 2 is 2.28 bits per heavy atom. The number of carboxylic acids is 1. The molecule has 0 aliphatic heterocycles. The Morgan fingerprint density at radius 3 is 2.78 bits per heavy atom. The Labute approximate surface area is 105 Å². The molecule has 2 unspecified atom stereocenters. The van der Waals surface area contributed by atoms with Crippen molar-refractivity contribution in [3.05, 3.63) is 39.9 Å². The van der Waals surface area contributed by atoms with Gasteiger partial charge < -0.3 is 5.11 Å². The van der Waals surface area contributed by atoms with Crippen LogP contribution in [0.25, 0.3) is 0 Å². The van der Waals surface area contributed by atoms with E-state index in [4.69, 9.17) is 0 Å². The van der Waals surface area contributed by atoms with Crippen molar-refractivity contribution in [1.29, 1.82) is 0 Å². The van der Waals surface area contributed by atoms with Crippen LogP contribution >= 0.6 is 0 Å². The Morgan fingerprint density at radius 1 is 1.56 bits per heavy atom. The van der Waals surface area contributed by atoms with Crippen molar-refractivity contribution in [3.8, 4) is 0 Å². The van der Waals surface area contributed by atoms with Crippen LogP contribution in [-0.2, 0) is 10.2 Å². The second-order valence-corrected chi connectivity index (χ2v) is 4.88. The minimum Gasteiger partial charge on any atom is -0.481 e. The van der Waals surface area contributed by atoms with E-state index in [9.17, 15) is 20.0 Å². The lowest BCUT2D eigenvalue weighted by Crippen LogP contribution is -2.38. The van der Waals surface area contributed by atoms with Gasteiger partial charge in [-0.15, -0.1) is 0 Å². The Balaban J connectivity index is 2.53. The van der Waals surface area contributed by atoms with Crippen molar-refractivity contribution in [1.82, 2.24) is 0 Å². The zero-order valence-corrected chi connectivity index (χ0v) is 10.1. The molecule has 1 saturated carbocycles. The Hall–Kier alpha value is -1.91. The second-order valence-electron chi connectivity index (χ2n) is 4.88.